The molecule has 3 N–H and O–H groups in total. The molecular formula is C16H22N2O2S. The molecule has 0 unspecified atom stereocenters. The fourth-order valence-electron chi connectivity index (χ4n) is 2.78. The lowest BCUT2D eigenvalue weighted by Gasteiger charge is -2.32. The molecule has 1 saturated carbocycles. The lowest BCUT2D eigenvalue weighted by molar-refractivity contribution is -0.126. The van der Waals surface area contributed by atoms with Gasteiger partial charge in [0.05, 0.1) is 12.8 Å². The highest BCUT2D eigenvalue weighted by Gasteiger charge is 2.34. The van der Waals surface area contributed by atoms with Crippen LogP contribution in [0.2, 0.25) is 0 Å². The molecule has 0 atom stereocenters. The van der Waals surface area contributed by atoms with Gasteiger partial charge in [-0.3, -0.25) is 4.79 Å². The fraction of sp³-hybridized carbons (Fsp3) is 0.500. The minimum Gasteiger partial charge on any atom is -0.495 e. The van der Waals surface area contributed by atoms with Crippen LogP contribution >= 0.6 is 12.2 Å². The standard InChI is InChI=1S/C16H22N2O2S/c1-16(8-4-3-5-9-16)15(19)18-12-7-6-11(14(17)21)10-13(12)20-2/h6-7,10H,3-5,8-9H2,1-2H3,(H2,17,21)(H,18,19). The van der Waals surface area contributed by atoms with Crippen LogP contribution < -0.4 is 15.8 Å². The minimum absolute atomic E-state index is 0.0589. The maximum absolute atomic E-state index is 12.6. The predicted molar refractivity (Wildman–Crippen MR) is 88.7 cm³/mol. The lowest BCUT2D eigenvalue weighted by Crippen LogP contribution is -2.35. The average Bonchev–Trinajstić information content (AvgIpc) is 2.48. The molecule has 4 nitrogen and oxygen atoms in total. The monoisotopic (exact) mass is 306 g/mol. The Bertz CT molecular complexity index is 551. The Hall–Kier alpha value is -1.62. The van der Waals surface area contributed by atoms with Crippen LogP contribution in [0.15, 0.2) is 18.2 Å². The second-order valence-corrected chi connectivity index (χ2v) is 6.29. The van der Waals surface area contributed by atoms with Crippen molar-refractivity contribution in [2.45, 2.75) is 39.0 Å². The number of nitrogens with one attached hydrogen (secondary N) is 1. The van der Waals surface area contributed by atoms with Gasteiger partial charge in [-0.1, -0.05) is 38.4 Å². The summed E-state index contributed by atoms with van der Waals surface area (Å²) in [5, 5.41) is 2.99. The molecule has 114 valence electrons. The number of hydrogen-bond donors (Lipinski definition) is 2. The topological polar surface area (TPSA) is 64.3 Å². The number of hydrogen-bond acceptors (Lipinski definition) is 3. The molecule has 2 rings (SSSR count). The van der Waals surface area contributed by atoms with Crippen LogP contribution in [0.1, 0.15) is 44.6 Å². The van der Waals surface area contributed by atoms with Crippen LogP contribution in [0.4, 0.5) is 5.69 Å². The van der Waals surface area contributed by atoms with E-state index in [1.165, 1.54) is 6.42 Å². The first-order valence-corrected chi connectivity index (χ1v) is 7.66. The van der Waals surface area contributed by atoms with E-state index >= 15 is 0 Å². The Balaban J connectivity index is 2.18. The first kappa shape index (κ1) is 15.8. The number of carbonyl (C=O) groups excluding carboxylic acids is 1. The van der Waals surface area contributed by atoms with Crippen molar-refractivity contribution >= 4 is 28.8 Å². The van der Waals surface area contributed by atoms with Crippen molar-refractivity contribution in [2.24, 2.45) is 11.1 Å². The van der Waals surface area contributed by atoms with Crippen molar-refractivity contribution in [1.82, 2.24) is 0 Å². The summed E-state index contributed by atoms with van der Waals surface area (Å²) in [6.45, 7) is 2.04. The van der Waals surface area contributed by atoms with Gasteiger partial charge in [0.1, 0.15) is 10.7 Å². The molecule has 1 fully saturated rings. The van der Waals surface area contributed by atoms with Crippen molar-refractivity contribution in [2.75, 3.05) is 12.4 Å². The predicted octanol–water partition coefficient (Wildman–Crippen LogP) is 3.24. The molecule has 1 amide bonds. The second-order valence-electron chi connectivity index (χ2n) is 5.85. The highest BCUT2D eigenvalue weighted by Crippen LogP contribution is 2.37. The van der Waals surface area contributed by atoms with Crippen molar-refractivity contribution < 1.29 is 9.53 Å². The second kappa shape index (κ2) is 6.43. The Morgan fingerprint density at radius 1 is 1.33 bits per heavy atom. The Morgan fingerprint density at radius 3 is 2.57 bits per heavy atom. The fourth-order valence-corrected chi connectivity index (χ4v) is 2.91. The van der Waals surface area contributed by atoms with Gasteiger partial charge in [0, 0.05) is 11.0 Å². The molecule has 5 heteroatoms. The zero-order valence-electron chi connectivity index (χ0n) is 12.6. The largest absolute Gasteiger partial charge is 0.495 e. The maximum Gasteiger partial charge on any atom is 0.230 e. The molecule has 0 bridgehead atoms. The summed E-state index contributed by atoms with van der Waals surface area (Å²) < 4.78 is 5.33. The molecule has 0 aliphatic heterocycles. The molecule has 21 heavy (non-hydrogen) atoms. The molecule has 0 radical (unpaired) electrons. The highest BCUT2D eigenvalue weighted by molar-refractivity contribution is 7.80. The van der Waals surface area contributed by atoms with Crippen LogP contribution in [0, 0.1) is 5.41 Å². The van der Waals surface area contributed by atoms with Crippen LogP contribution in [0.3, 0.4) is 0 Å². The summed E-state index contributed by atoms with van der Waals surface area (Å²) in [7, 11) is 1.57. The summed E-state index contributed by atoms with van der Waals surface area (Å²) in [6, 6.07) is 5.34. The third-order valence-corrected chi connectivity index (χ3v) is 4.48. The van der Waals surface area contributed by atoms with Crippen molar-refractivity contribution in [3.05, 3.63) is 23.8 Å². The normalized spacial score (nSPS) is 17.0. The number of rotatable bonds is 4. The summed E-state index contributed by atoms with van der Waals surface area (Å²) in [5.74, 6) is 0.636. The number of amides is 1. The Morgan fingerprint density at radius 2 is 2.00 bits per heavy atom. The van der Waals surface area contributed by atoms with E-state index in [0.29, 0.717) is 16.4 Å². The molecule has 1 aliphatic carbocycles. The van der Waals surface area contributed by atoms with Gasteiger partial charge in [0.25, 0.3) is 0 Å². The van der Waals surface area contributed by atoms with Crippen molar-refractivity contribution in [3.63, 3.8) is 0 Å². The van der Waals surface area contributed by atoms with E-state index in [0.717, 1.165) is 31.2 Å². The third kappa shape index (κ3) is 3.53. The van der Waals surface area contributed by atoms with Crippen molar-refractivity contribution in [3.8, 4) is 5.75 Å². The van der Waals surface area contributed by atoms with E-state index in [1.807, 2.05) is 6.92 Å². The van der Waals surface area contributed by atoms with Gasteiger partial charge >= 0.3 is 0 Å². The first-order valence-electron chi connectivity index (χ1n) is 7.25. The van der Waals surface area contributed by atoms with E-state index in [2.05, 4.69) is 5.32 Å². The number of thiocarbonyl (C=S) groups is 1. The molecule has 1 aromatic rings. The quantitative estimate of drug-likeness (QED) is 0.838. The third-order valence-electron chi connectivity index (χ3n) is 4.24. The van der Waals surface area contributed by atoms with Gasteiger partial charge in [-0.25, -0.2) is 0 Å². The zero-order valence-corrected chi connectivity index (χ0v) is 13.4. The smallest absolute Gasteiger partial charge is 0.230 e. The van der Waals surface area contributed by atoms with Gasteiger partial charge in [-0.15, -0.1) is 0 Å². The van der Waals surface area contributed by atoms with E-state index in [-0.39, 0.29) is 11.3 Å². The SMILES string of the molecule is COc1cc(C(N)=S)ccc1NC(=O)C1(C)CCCCC1. The van der Waals surface area contributed by atoms with E-state index in [9.17, 15) is 4.79 Å². The van der Waals surface area contributed by atoms with E-state index in [1.54, 1.807) is 25.3 Å². The molecule has 0 spiro atoms. The Labute approximate surface area is 131 Å². The molecule has 0 heterocycles. The van der Waals surface area contributed by atoms with Crippen molar-refractivity contribution in [1.29, 1.82) is 0 Å². The summed E-state index contributed by atoms with van der Waals surface area (Å²) in [6.07, 6.45) is 5.32. The number of ether oxygens (including phenoxy) is 1. The molecule has 1 aromatic carbocycles. The highest BCUT2D eigenvalue weighted by atomic mass is 32.1. The number of anilines is 1. The number of methoxy groups -OCH3 is 1. The van der Waals surface area contributed by atoms with Gasteiger partial charge in [-0.05, 0) is 31.0 Å². The van der Waals surface area contributed by atoms with Gasteiger partial charge in [0.2, 0.25) is 5.91 Å². The van der Waals surface area contributed by atoms with E-state index < -0.39 is 0 Å². The molecule has 0 saturated heterocycles. The van der Waals surface area contributed by atoms with E-state index in [4.69, 9.17) is 22.7 Å². The van der Waals surface area contributed by atoms with Crippen LogP contribution in [0.25, 0.3) is 0 Å². The number of nitrogens with two attached hydrogens (primary N) is 1. The van der Waals surface area contributed by atoms with Gasteiger partial charge in [-0.2, -0.15) is 0 Å². The summed E-state index contributed by atoms with van der Waals surface area (Å²) in [5.41, 5.74) is 6.72. The summed E-state index contributed by atoms with van der Waals surface area (Å²) in [4.78, 5) is 12.9. The van der Waals surface area contributed by atoms with Gasteiger partial charge < -0.3 is 15.8 Å². The van der Waals surface area contributed by atoms with Crippen LogP contribution in [-0.2, 0) is 4.79 Å². The Kier molecular flexibility index (Phi) is 4.83. The number of benzene rings is 1. The maximum atomic E-state index is 12.6. The lowest BCUT2D eigenvalue weighted by atomic mass is 9.75. The number of carbonyl (C=O) groups is 1. The minimum atomic E-state index is -0.287. The zero-order chi connectivity index (χ0) is 15.5. The van der Waals surface area contributed by atoms with Gasteiger partial charge in [0.15, 0.2) is 0 Å². The summed E-state index contributed by atoms with van der Waals surface area (Å²) >= 11 is 4.96. The van der Waals surface area contributed by atoms with Crippen LogP contribution in [0.5, 0.6) is 5.75 Å². The molecular weight excluding hydrogens is 284 g/mol. The first-order chi connectivity index (χ1) is 9.96. The average molecular weight is 306 g/mol. The molecule has 1 aliphatic rings. The van der Waals surface area contributed by atoms with Crippen LogP contribution in [-0.4, -0.2) is 18.0 Å². The molecule has 0 aromatic heterocycles.